The molecule has 11 heteroatoms. The van der Waals surface area contributed by atoms with Crippen LogP contribution in [0.1, 0.15) is 60.7 Å². The van der Waals surface area contributed by atoms with Gasteiger partial charge in [-0.3, -0.25) is 14.7 Å². The molecule has 2 aromatic heterocycles. The van der Waals surface area contributed by atoms with E-state index in [1.165, 1.54) is 17.2 Å². The SMILES string of the molecule is C=CC(=O)N1CCN([C@@H]2CN3c4cc(N5CCC6(CC5C)OC5(COC5)c5nccc(C)c56)nc(C(F)F)c4C=CCC23)CC1. The first-order valence-corrected chi connectivity index (χ1v) is 16.2. The van der Waals surface area contributed by atoms with Crippen LogP contribution >= 0.6 is 0 Å². The highest BCUT2D eigenvalue weighted by Crippen LogP contribution is 2.56. The summed E-state index contributed by atoms with van der Waals surface area (Å²) in [4.78, 5) is 30.2. The van der Waals surface area contributed by atoms with Gasteiger partial charge in [0.2, 0.25) is 5.91 Å². The largest absolute Gasteiger partial charge is 0.374 e. The predicted octanol–water partition coefficient (Wildman–Crippen LogP) is 4.17. The molecule has 2 spiro atoms. The number of halogens is 2. The average Bonchev–Trinajstić information content (AvgIpc) is 3.22. The van der Waals surface area contributed by atoms with Gasteiger partial charge in [-0.2, -0.15) is 0 Å². The van der Waals surface area contributed by atoms with E-state index < -0.39 is 17.6 Å². The first-order chi connectivity index (χ1) is 21.7. The molecule has 0 N–H and O–H groups in total. The number of anilines is 2. The fourth-order valence-electron chi connectivity index (χ4n) is 8.75. The molecule has 3 unspecified atom stereocenters. The monoisotopic (exact) mass is 618 g/mol. The van der Waals surface area contributed by atoms with Gasteiger partial charge < -0.3 is 24.2 Å². The van der Waals surface area contributed by atoms with Gasteiger partial charge in [-0.1, -0.05) is 18.7 Å². The fourth-order valence-corrected chi connectivity index (χ4v) is 8.75. The van der Waals surface area contributed by atoms with Crippen LogP contribution in [-0.4, -0.2) is 96.3 Å². The van der Waals surface area contributed by atoms with E-state index in [1.807, 2.05) is 35.4 Å². The van der Waals surface area contributed by atoms with E-state index >= 15 is 0 Å². The van der Waals surface area contributed by atoms with Crippen molar-refractivity contribution in [1.82, 2.24) is 19.8 Å². The lowest BCUT2D eigenvalue weighted by Gasteiger charge is -2.55. The highest BCUT2D eigenvalue weighted by atomic mass is 19.3. The molecule has 2 aromatic rings. The molecule has 4 saturated heterocycles. The third kappa shape index (κ3) is 4.37. The number of alkyl halides is 2. The van der Waals surface area contributed by atoms with E-state index in [2.05, 4.69) is 40.1 Å². The molecule has 0 saturated carbocycles. The summed E-state index contributed by atoms with van der Waals surface area (Å²) in [6.07, 6.45) is 6.63. The van der Waals surface area contributed by atoms with Crippen LogP contribution in [-0.2, 0) is 25.5 Å². The maximum atomic E-state index is 14.6. The Morgan fingerprint density at radius 1 is 1.13 bits per heavy atom. The number of ether oxygens (including phenoxy) is 2. The highest BCUT2D eigenvalue weighted by Gasteiger charge is 2.60. The Labute approximate surface area is 262 Å². The van der Waals surface area contributed by atoms with Crippen molar-refractivity contribution in [3.05, 3.63) is 65.1 Å². The molecular formula is C34H40F2N6O3. The fraction of sp³-hybridized carbons (Fsp3) is 0.559. The topological polar surface area (TPSA) is 74.3 Å². The second kappa shape index (κ2) is 10.6. The standard InChI is InChI=1S/C34H40F2N6O3/c1-4-28(43)40-14-12-39(13-15-40)26-18-42-24(26)7-5-6-23-25(42)16-27(38-30(23)32(35)36)41-11-9-33(17-22(41)3)29-21(2)8-10-37-31(29)34(45-33)19-44-20-34/h4-6,8,10,16,22,24,26,32H,1,7,9,11-15,17-20H2,2-3H3/t22?,24?,26-,33?/m1/s1. The number of amides is 1. The zero-order chi connectivity index (χ0) is 31.1. The summed E-state index contributed by atoms with van der Waals surface area (Å²) in [6.45, 7) is 13.3. The van der Waals surface area contributed by atoms with E-state index in [-0.39, 0.29) is 23.7 Å². The summed E-state index contributed by atoms with van der Waals surface area (Å²) in [5.74, 6) is 0.573. The Morgan fingerprint density at radius 3 is 2.62 bits per heavy atom. The van der Waals surface area contributed by atoms with Gasteiger partial charge in [0, 0.05) is 87.2 Å². The quantitative estimate of drug-likeness (QED) is 0.473. The molecule has 6 aliphatic rings. The number of aryl methyl sites for hydroxylation is 1. The second-order valence-electron chi connectivity index (χ2n) is 13.5. The number of carbonyl (C=O) groups excluding carboxylic acids is 1. The maximum absolute atomic E-state index is 14.6. The molecule has 0 aromatic carbocycles. The third-order valence-electron chi connectivity index (χ3n) is 11.0. The first kappa shape index (κ1) is 29.0. The number of hydrogen-bond donors (Lipinski definition) is 0. The number of carbonyl (C=O) groups is 1. The lowest BCUT2D eigenvalue weighted by molar-refractivity contribution is -0.262. The molecule has 45 heavy (non-hydrogen) atoms. The summed E-state index contributed by atoms with van der Waals surface area (Å²) in [7, 11) is 0. The summed E-state index contributed by atoms with van der Waals surface area (Å²) >= 11 is 0. The third-order valence-corrected chi connectivity index (χ3v) is 11.0. The van der Waals surface area contributed by atoms with Gasteiger partial charge in [-0.25, -0.2) is 13.8 Å². The van der Waals surface area contributed by atoms with Crippen molar-refractivity contribution in [1.29, 1.82) is 0 Å². The van der Waals surface area contributed by atoms with Gasteiger partial charge in [0.25, 0.3) is 6.43 Å². The number of pyridine rings is 2. The second-order valence-corrected chi connectivity index (χ2v) is 13.5. The zero-order valence-corrected chi connectivity index (χ0v) is 25.9. The van der Waals surface area contributed by atoms with Gasteiger partial charge in [0.15, 0.2) is 5.60 Å². The Bertz CT molecular complexity index is 1570. The van der Waals surface area contributed by atoms with Gasteiger partial charge in [0.05, 0.1) is 24.6 Å². The van der Waals surface area contributed by atoms with Crippen LogP contribution in [0.4, 0.5) is 20.3 Å². The van der Waals surface area contributed by atoms with Crippen molar-refractivity contribution in [3.63, 3.8) is 0 Å². The number of piperazine rings is 1. The molecule has 8 rings (SSSR count). The molecule has 0 radical (unpaired) electrons. The molecular weight excluding hydrogens is 578 g/mol. The number of aromatic nitrogens is 2. The lowest BCUT2D eigenvalue weighted by Crippen LogP contribution is -2.69. The smallest absolute Gasteiger partial charge is 0.281 e. The van der Waals surface area contributed by atoms with Gasteiger partial charge >= 0.3 is 0 Å². The number of hydrogen-bond acceptors (Lipinski definition) is 8. The van der Waals surface area contributed by atoms with Gasteiger partial charge in [-0.15, -0.1) is 0 Å². The molecule has 0 bridgehead atoms. The minimum Gasteiger partial charge on any atom is -0.374 e. The average molecular weight is 619 g/mol. The van der Waals surface area contributed by atoms with Crippen molar-refractivity contribution in [2.24, 2.45) is 0 Å². The molecule has 4 fully saturated rings. The highest BCUT2D eigenvalue weighted by molar-refractivity contribution is 5.87. The summed E-state index contributed by atoms with van der Waals surface area (Å²) in [5, 5.41) is 0. The number of fused-ring (bicyclic) bond motifs is 6. The van der Waals surface area contributed by atoms with Crippen LogP contribution in [0.15, 0.2) is 37.1 Å². The van der Waals surface area contributed by atoms with Gasteiger partial charge in [0.1, 0.15) is 17.1 Å². The Morgan fingerprint density at radius 2 is 1.93 bits per heavy atom. The van der Waals surface area contributed by atoms with Crippen LogP contribution in [0.2, 0.25) is 0 Å². The summed E-state index contributed by atoms with van der Waals surface area (Å²) < 4.78 is 41.8. The number of rotatable bonds is 4. The lowest BCUT2D eigenvalue weighted by atomic mass is 9.79. The molecule has 8 heterocycles. The number of piperidine rings is 1. The Balaban J connectivity index is 1.06. The van der Waals surface area contributed by atoms with E-state index in [0.717, 1.165) is 43.9 Å². The molecule has 0 aliphatic carbocycles. The molecule has 4 atom stereocenters. The normalized spacial score (nSPS) is 30.1. The van der Waals surface area contributed by atoms with Crippen molar-refractivity contribution in [2.75, 3.05) is 62.3 Å². The molecule has 6 aliphatic heterocycles. The van der Waals surface area contributed by atoms with E-state index in [9.17, 15) is 13.6 Å². The zero-order valence-electron chi connectivity index (χ0n) is 25.9. The van der Waals surface area contributed by atoms with E-state index in [0.29, 0.717) is 56.7 Å². The van der Waals surface area contributed by atoms with Crippen LogP contribution in [0.3, 0.4) is 0 Å². The van der Waals surface area contributed by atoms with Crippen molar-refractivity contribution in [2.45, 2.75) is 68.9 Å². The van der Waals surface area contributed by atoms with Crippen LogP contribution in [0, 0.1) is 6.92 Å². The van der Waals surface area contributed by atoms with Crippen LogP contribution < -0.4 is 9.80 Å². The van der Waals surface area contributed by atoms with E-state index in [1.54, 1.807) is 0 Å². The van der Waals surface area contributed by atoms with E-state index in [4.69, 9.17) is 14.5 Å². The van der Waals surface area contributed by atoms with Crippen molar-refractivity contribution in [3.8, 4) is 0 Å². The molecule has 9 nitrogen and oxygen atoms in total. The predicted molar refractivity (Wildman–Crippen MR) is 166 cm³/mol. The number of nitrogens with zero attached hydrogens (tertiary/aromatic N) is 6. The minimum absolute atomic E-state index is 0.00857. The summed E-state index contributed by atoms with van der Waals surface area (Å²) in [5.41, 5.74) is 3.59. The Hall–Kier alpha value is -3.41. The van der Waals surface area contributed by atoms with Crippen molar-refractivity contribution < 1.29 is 23.0 Å². The van der Waals surface area contributed by atoms with Crippen LogP contribution in [0.25, 0.3) is 6.08 Å². The van der Waals surface area contributed by atoms with Crippen molar-refractivity contribution >= 4 is 23.5 Å². The molecule has 1 amide bonds. The van der Waals surface area contributed by atoms with Crippen LogP contribution in [0.5, 0.6) is 0 Å². The summed E-state index contributed by atoms with van der Waals surface area (Å²) in [6, 6.07) is 4.59. The molecule has 238 valence electrons. The maximum Gasteiger partial charge on any atom is 0.281 e. The Kier molecular flexibility index (Phi) is 6.82. The minimum atomic E-state index is -2.68. The van der Waals surface area contributed by atoms with Gasteiger partial charge in [-0.05, 0) is 44.4 Å². The first-order valence-electron chi connectivity index (χ1n) is 16.2.